The van der Waals surface area contributed by atoms with Gasteiger partial charge in [-0.1, -0.05) is 0 Å². The maximum absolute atomic E-state index is 11.1. The third-order valence-corrected chi connectivity index (χ3v) is 2.03. The second-order valence-electron chi connectivity index (χ2n) is 2.93. The molecule has 1 aromatic rings. The van der Waals surface area contributed by atoms with Crippen LogP contribution in [-0.2, 0) is 9.53 Å². The van der Waals surface area contributed by atoms with Crippen molar-refractivity contribution in [2.75, 3.05) is 14.2 Å². The van der Waals surface area contributed by atoms with Crippen molar-refractivity contribution < 1.29 is 19.4 Å². The van der Waals surface area contributed by atoms with Crippen LogP contribution in [0.15, 0.2) is 18.2 Å². The fourth-order valence-electron chi connectivity index (χ4n) is 1.17. The Morgan fingerprint density at radius 2 is 2.13 bits per heavy atom. The van der Waals surface area contributed by atoms with Gasteiger partial charge >= 0.3 is 5.97 Å². The second kappa shape index (κ2) is 4.65. The average Bonchev–Trinajstić information content (AvgIpc) is 2.26. The van der Waals surface area contributed by atoms with Gasteiger partial charge in [-0.05, 0) is 12.1 Å². The smallest absolute Gasteiger partial charge is 0.327 e. The molecule has 0 bridgehead atoms. The number of aromatic hydroxyl groups is 1. The summed E-state index contributed by atoms with van der Waals surface area (Å²) in [5, 5.41) is 9.57. The van der Waals surface area contributed by atoms with E-state index in [2.05, 4.69) is 4.74 Å². The first-order valence-electron chi connectivity index (χ1n) is 4.30. The van der Waals surface area contributed by atoms with Crippen LogP contribution in [0.4, 0.5) is 0 Å². The fourth-order valence-corrected chi connectivity index (χ4v) is 1.17. The topological polar surface area (TPSA) is 81.8 Å². The maximum Gasteiger partial charge on any atom is 0.327 e. The van der Waals surface area contributed by atoms with E-state index in [1.54, 1.807) is 6.07 Å². The van der Waals surface area contributed by atoms with Crippen molar-refractivity contribution in [2.45, 2.75) is 6.04 Å². The SMILES string of the molecule is COC(=O)C(N)c1ccc(OC)cc1O. The van der Waals surface area contributed by atoms with Crippen LogP contribution < -0.4 is 10.5 Å². The summed E-state index contributed by atoms with van der Waals surface area (Å²) in [6, 6.07) is 3.53. The Morgan fingerprint density at radius 1 is 1.47 bits per heavy atom. The van der Waals surface area contributed by atoms with Crippen LogP contribution in [0.3, 0.4) is 0 Å². The summed E-state index contributed by atoms with van der Waals surface area (Å²) < 4.78 is 9.37. The van der Waals surface area contributed by atoms with Crippen molar-refractivity contribution in [3.05, 3.63) is 23.8 Å². The Bertz CT molecular complexity index is 364. The van der Waals surface area contributed by atoms with Gasteiger partial charge in [0.2, 0.25) is 0 Å². The monoisotopic (exact) mass is 211 g/mol. The Kier molecular flexibility index (Phi) is 3.51. The Morgan fingerprint density at radius 3 is 2.60 bits per heavy atom. The molecular weight excluding hydrogens is 198 g/mol. The quantitative estimate of drug-likeness (QED) is 0.714. The Hall–Kier alpha value is -1.75. The van der Waals surface area contributed by atoms with Crippen LogP contribution >= 0.6 is 0 Å². The third kappa shape index (κ3) is 2.38. The zero-order valence-corrected chi connectivity index (χ0v) is 8.56. The molecule has 15 heavy (non-hydrogen) atoms. The van der Waals surface area contributed by atoms with Crippen LogP contribution in [-0.4, -0.2) is 25.3 Å². The first-order chi connectivity index (χ1) is 7.10. The molecule has 0 aliphatic carbocycles. The molecule has 0 amide bonds. The predicted octanol–water partition coefficient (Wildman–Crippen LogP) is 0.574. The minimum Gasteiger partial charge on any atom is -0.507 e. The predicted molar refractivity (Wildman–Crippen MR) is 53.6 cm³/mol. The summed E-state index contributed by atoms with van der Waals surface area (Å²) >= 11 is 0. The average molecular weight is 211 g/mol. The van der Waals surface area contributed by atoms with Crippen LogP contribution in [0.25, 0.3) is 0 Å². The number of esters is 1. The molecule has 5 nitrogen and oxygen atoms in total. The molecule has 1 aromatic carbocycles. The van der Waals surface area contributed by atoms with E-state index in [4.69, 9.17) is 10.5 Å². The van der Waals surface area contributed by atoms with E-state index in [1.165, 1.54) is 26.4 Å². The molecule has 0 heterocycles. The van der Waals surface area contributed by atoms with Gasteiger partial charge in [0.1, 0.15) is 17.5 Å². The summed E-state index contributed by atoms with van der Waals surface area (Å²) in [5.74, 6) is -0.198. The van der Waals surface area contributed by atoms with Crippen LogP contribution in [0, 0.1) is 0 Å². The molecule has 0 saturated heterocycles. The van der Waals surface area contributed by atoms with E-state index in [9.17, 15) is 9.90 Å². The van der Waals surface area contributed by atoms with Crippen LogP contribution in [0.2, 0.25) is 0 Å². The number of nitrogens with two attached hydrogens (primary N) is 1. The Labute approximate surface area is 87.4 Å². The van der Waals surface area contributed by atoms with Crippen LogP contribution in [0.5, 0.6) is 11.5 Å². The van der Waals surface area contributed by atoms with Crippen molar-refractivity contribution in [3.63, 3.8) is 0 Å². The largest absolute Gasteiger partial charge is 0.507 e. The molecular formula is C10H13NO4. The van der Waals surface area contributed by atoms with Gasteiger partial charge in [-0.2, -0.15) is 0 Å². The number of methoxy groups -OCH3 is 2. The molecule has 5 heteroatoms. The van der Waals surface area contributed by atoms with Gasteiger partial charge < -0.3 is 20.3 Å². The van der Waals surface area contributed by atoms with Gasteiger partial charge in [0.05, 0.1) is 14.2 Å². The minimum atomic E-state index is -0.985. The number of rotatable bonds is 3. The van der Waals surface area contributed by atoms with Crippen LogP contribution in [0.1, 0.15) is 11.6 Å². The zero-order chi connectivity index (χ0) is 11.4. The van der Waals surface area contributed by atoms with Gasteiger partial charge in [0.25, 0.3) is 0 Å². The molecule has 1 unspecified atom stereocenters. The lowest BCUT2D eigenvalue weighted by Crippen LogP contribution is -2.22. The Balaban J connectivity index is 3.00. The summed E-state index contributed by atoms with van der Waals surface area (Å²) in [6.07, 6.45) is 0. The molecule has 1 rings (SSSR count). The van der Waals surface area contributed by atoms with Gasteiger partial charge in [0.15, 0.2) is 0 Å². The van der Waals surface area contributed by atoms with E-state index in [0.717, 1.165) is 0 Å². The van der Waals surface area contributed by atoms with E-state index < -0.39 is 12.0 Å². The number of phenolic OH excluding ortho intramolecular Hbond substituents is 1. The molecule has 0 aliphatic heterocycles. The highest BCUT2D eigenvalue weighted by molar-refractivity contribution is 5.78. The second-order valence-corrected chi connectivity index (χ2v) is 2.93. The molecule has 1 atom stereocenters. The highest BCUT2D eigenvalue weighted by Gasteiger charge is 2.19. The number of ether oxygens (including phenoxy) is 2. The summed E-state index contributed by atoms with van der Waals surface area (Å²) in [7, 11) is 2.72. The molecule has 0 fully saturated rings. The normalized spacial score (nSPS) is 11.9. The lowest BCUT2D eigenvalue weighted by molar-refractivity contribution is -0.142. The van der Waals surface area contributed by atoms with Gasteiger partial charge in [-0.25, -0.2) is 0 Å². The molecule has 0 spiro atoms. The van der Waals surface area contributed by atoms with E-state index in [1.807, 2.05) is 0 Å². The van der Waals surface area contributed by atoms with Gasteiger partial charge in [-0.3, -0.25) is 4.79 Å². The lowest BCUT2D eigenvalue weighted by atomic mass is 10.1. The number of phenols is 1. The number of benzene rings is 1. The minimum absolute atomic E-state index is 0.0905. The zero-order valence-electron chi connectivity index (χ0n) is 8.56. The van der Waals surface area contributed by atoms with Gasteiger partial charge in [-0.15, -0.1) is 0 Å². The van der Waals surface area contributed by atoms with Crippen molar-refractivity contribution in [2.24, 2.45) is 5.73 Å². The summed E-state index contributed by atoms with van der Waals surface area (Å²) in [5.41, 5.74) is 5.87. The molecule has 0 radical (unpaired) electrons. The fraction of sp³-hybridized carbons (Fsp3) is 0.300. The summed E-state index contributed by atoms with van der Waals surface area (Å²) in [4.78, 5) is 11.1. The number of hydrogen-bond donors (Lipinski definition) is 2. The molecule has 3 N–H and O–H groups in total. The molecule has 82 valence electrons. The highest BCUT2D eigenvalue weighted by atomic mass is 16.5. The standard InChI is InChI=1S/C10H13NO4/c1-14-6-3-4-7(8(12)5-6)9(11)10(13)15-2/h3-5,9,12H,11H2,1-2H3. The third-order valence-electron chi connectivity index (χ3n) is 2.03. The van der Waals surface area contributed by atoms with Crippen molar-refractivity contribution in [3.8, 4) is 11.5 Å². The molecule has 0 aliphatic rings. The van der Waals surface area contributed by atoms with Crippen molar-refractivity contribution >= 4 is 5.97 Å². The van der Waals surface area contributed by atoms with E-state index >= 15 is 0 Å². The number of carbonyl (C=O) groups is 1. The number of carbonyl (C=O) groups excluding carboxylic acids is 1. The maximum atomic E-state index is 11.1. The first-order valence-corrected chi connectivity index (χ1v) is 4.30. The lowest BCUT2D eigenvalue weighted by Gasteiger charge is -2.12. The van der Waals surface area contributed by atoms with Gasteiger partial charge in [0, 0.05) is 11.6 Å². The van der Waals surface area contributed by atoms with Crippen molar-refractivity contribution in [1.82, 2.24) is 0 Å². The summed E-state index contributed by atoms with van der Waals surface area (Å²) in [6.45, 7) is 0. The van der Waals surface area contributed by atoms with E-state index in [0.29, 0.717) is 11.3 Å². The highest BCUT2D eigenvalue weighted by Crippen LogP contribution is 2.27. The molecule has 0 saturated carbocycles. The van der Waals surface area contributed by atoms with E-state index in [-0.39, 0.29) is 5.75 Å². The molecule has 0 aromatic heterocycles. The first kappa shape index (κ1) is 11.3. The van der Waals surface area contributed by atoms with Crippen molar-refractivity contribution in [1.29, 1.82) is 0 Å². The number of hydrogen-bond acceptors (Lipinski definition) is 5.